The summed E-state index contributed by atoms with van der Waals surface area (Å²) in [5.41, 5.74) is 0.243. The molecule has 2 atom stereocenters. The van der Waals surface area contributed by atoms with Crippen LogP contribution in [0.15, 0.2) is 0 Å². The molecule has 0 aromatic carbocycles. The smallest absolute Gasteiger partial charge is 0.224 e. The molecule has 1 aliphatic heterocycles. The lowest BCUT2D eigenvalue weighted by atomic mass is 9.84. The minimum absolute atomic E-state index is 0.200. The van der Waals surface area contributed by atoms with E-state index in [4.69, 9.17) is 0 Å². The van der Waals surface area contributed by atoms with Gasteiger partial charge >= 0.3 is 0 Å². The van der Waals surface area contributed by atoms with Crippen LogP contribution in [0.2, 0.25) is 0 Å². The predicted molar refractivity (Wildman–Crippen MR) is 99.8 cm³/mol. The normalized spacial score (nSPS) is 17.7. The fraction of sp³-hybridized carbons (Fsp3) is 0.900. The van der Waals surface area contributed by atoms with E-state index < -0.39 is 0 Å². The molecule has 0 aliphatic carbocycles. The molecule has 1 aliphatic rings. The lowest BCUT2D eigenvalue weighted by molar-refractivity contribution is -0.136. The molecule has 0 saturated carbocycles. The SMILES string of the molecule is CCC(C)N(CCC(=O)N1CCCC1)C(=O)CC(C)CC(C)(C)C. The van der Waals surface area contributed by atoms with Gasteiger partial charge in [-0.15, -0.1) is 0 Å². The first kappa shape index (κ1) is 21.0. The molecule has 0 bridgehead atoms. The van der Waals surface area contributed by atoms with E-state index in [1.165, 1.54) is 0 Å². The Morgan fingerprint density at radius 1 is 1.12 bits per heavy atom. The molecule has 1 fully saturated rings. The standard InChI is InChI=1S/C20H38N2O2/c1-7-17(3)22(13-10-18(23)21-11-8-9-12-21)19(24)14-16(2)15-20(4,5)6/h16-17H,7-15H2,1-6H3. The number of amides is 2. The second-order valence-electron chi connectivity index (χ2n) is 8.76. The van der Waals surface area contributed by atoms with Crippen molar-refractivity contribution < 1.29 is 9.59 Å². The zero-order valence-corrected chi connectivity index (χ0v) is 16.7. The topological polar surface area (TPSA) is 40.6 Å². The maximum atomic E-state index is 12.8. The van der Waals surface area contributed by atoms with Gasteiger partial charge in [0, 0.05) is 38.5 Å². The third kappa shape index (κ3) is 7.23. The monoisotopic (exact) mass is 338 g/mol. The molecule has 1 rings (SSSR count). The number of hydrogen-bond donors (Lipinski definition) is 0. The average Bonchev–Trinajstić information content (AvgIpc) is 2.98. The first-order valence-corrected chi connectivity index (χ1v) is 9.71. The van der Waals surface area contributed by atoms with Crippen molar-refractivity contribution in [3.8, 4) is 0 Å². The molecular weight excluding hydrogens is 300 g/mol. The van der Waals surface area contributed by atoms with Gasteiger partial charge in [-0.3, -0.25) is 9.59 Å². The van der Waals surface area contributed by atoms with Crippen molar-refractivity contribution in [2.45, 2.75) is 86.1 Å². The molecule has 0 radical (unpaired) electrons. The number of nitrogens with zero attached hydrogens (tertiary/aromatic N) is 2. The summed E-state index contributed by atoms with van der Waals surface area (Å²) in [7, 11) is 0. The Morgan fingerprint density at radius 3 is 2.21 bits per heavy atom. The van der Waals surface area contributed by atoms with E-state index in [9.17, 15) is 9.59 Å². The second-order valence-corrected chi connectivity index (χ2v) is 8.76. The predicted octanol–water partition coefficient (Wildman–Crippen LogP) is 4.09. The number of carbonyl (C=O) groups excluding carboxylic acids is 2. The summed E-state index contributed by atoms with van der Waals surface area (Å²) in [6, 6.07) is 0.200. The van der Waals surface area contributed by atoms with Gasteiger partial charge in [-0.05, 0) is 43.9 Å². The lowest BCUT2D eigenvalue weighted by Gasteiger charge is -2.31. The third-order valence-electron chi connectivity index (χ3n) is 4.95. The zero-order chi connectivity index (χ0) is 18.3. The molecule has 24 heavy (non-hydrogen) atoms. The molecule has 4 nitrogen and oxygen atoms in total. The average molecular weight is 339 g/mol. The minimum atomic E-state index is 0.200. The van der Waals surface area contributed by atoms with Crippen molar-refractivity contribution in [2.24, 2.45) is 11.3 Å². The Morgan fingerprint density at radius 2 is 1.71 bits per heavy atom. The van der Waals surface area contributed by atoms with E-state index in [1.807, 2.05) is 9.80 Å². The molecule has 0 aromatic heterocycles. The number of likely N-dealkylation sites (tertiary alicyclic amines) is 1. The summed E-state index contributed by atoms with van der Waals surface area (Å²) >= 11 is 0. The lowest BCUT2D eigenvalue weighted by Crippen LogP contribution is -2.42. The first-order chi connectivity index (χ1) is 11.1. The summed E-state index contributed by atoms with van der Waals surface area (Å²) < 4.78 is 0. The molecule has 140 valence electrons. The maximum Gasteiger partial charge on any atom is 0.224 e. The van der Waals surface area contributed by atoms with Crippen molar-refractivity contribution in [3.05, 3.63) is 0 Å². The van der Waals surface area contributed by atoms with Gasteiger partial charge in [0.1, 0.15) is 0 Å². The fourth-order valence-corrected chi connectivity index (χ4v) is 3.68. The third-order valence-corrected chi connectivity index (χ3v) is 4.95. The van der Waals surface area contributed by atoms with Crippen molar-refractivity contribution >= 4 is 11.8 Å². The Labute approximate surface area is 149 Å². The van der Waals surface area contributed by atoms with Crippen molar-refractivity contribution in [1.82, 2.24) is 9.80 Å². The highest BCUT2D eigenvalue weighted by atomic mass is 16.2. The van der Waals surface area contributed by atoms with E-state index in [0.717, 1.165) is 38.8 Å². The van der Waals surface area contributed by atoms with Gasteiger partial charge in [0.25, 0.3) is 0 Å². The van der Waals surface area contributed by atoms with Gasteiger partial charge in [0.05, 0.1) is 0 Å². The van der Waals surface area contributed by atoms with Crippen LogP contribution in [-0.4, -0.2) is 47.3 Å². The van der Waals surface area contributed by atoms with Crippen LogP contribution in [0.5, 0.6) is 0 Å². The largest absolute Gasteiger partial charge is 0.343 e. The minimum Gasteiger partial charge on any atom is -0.343 e. The summed E-state index contributed by atoms with van der Waals surface area (Å²) in [5.74, 6) is 0.782. The highest BCUT2D eigenvalue weighted by Crippen LogP contribution is 2.26. The summed E-state index contributed by atoms with van der Waals surface area (Å²) in [6.07, 6.45) is 5.24. The highest BCUT2D eigenvalue weighted by Gasteiger charge is 2.25. The molecule has 0 spiro atoms. The van der Waals surface area contributed by atoms with Crippen LogP contribution in [0.1, 0.15) is 80.1 Å². The van der Waals surface area contributed by atoms with Crippen LogP contribution in [0.25, 0.3) is 0 Å². The van der Waals surface area contributed by atoms with Crippen molar-refractivity contribution in [1.29, 1.82) is 0 Å². The number of rotatable bonds is 8. The van der Waals surface area contributed by atoms with Gasteiger partial charge in [-0.25, -0.2) is 0 Å². The van der Waals surface area contributed by atoms with E-state index in [-0.39, 0.29) is 23.3 Å². The van der Waals surface area contributed by atoms with Crippen LogP contribution < -0.4 is 0 Å². The van der Waals surface area contributed by atoms with Gasteiger partial charge in [-0.1, -0.05) is 34.6 Å². The molecule has 0 N–H and O–H groups in total. The van der Waals surface area contributed by atoms with E-state index >= 15 is 0 Å². The fourth-order valence-electron chi connectivity index (χ4n) is 3.68. The van der Waals surface area contributed by atoms with Crippen LogP contribution in [0, 0.1) is 11.3 Å². The molecular formula is C20H38N2O2. The first-order valence-electron chi connectivity index (χ1n) is 9.71. The van der Waals surface area contributed by atoms with E-state index in [0.29, 0.717) is 25.3 Å². The second kappa shape index (κ2) is 9.43. The summed E-state index contributed by atoms with van der Waals surface area (Å²) in [6.45, 7) is 15.3. The molecule has 1 heterocycles. The Bertz CT molecular complexity index is 408. The number of carbonyl (C=O) groups is 2. The van der Waals surface area contributed by atoms with Crippen molar-refractivity contribution in [3.63, 3.8) is 0 Å². The van der Waals surface area contributed by atoms with Crippen LogP contribution in [-0.2, 0) is 9.59 Å². The van der Waals surface area contributed by atoms with Gasteiger partial charge in [0.15, 0.2) is 0 Å². The van der Waals surface area contributed by atoms with Gasteiger partial charge < -0.3 is 9.80 Å². The Balaban J connectivity index is 2.56. The quantitative estimate of drug-likeness (QED) is 0.669. The highest BCUT2D eigenvalue weighted by molar-refractivity contribution is 5.79. The van der Waals surface area contributed by atoms with Crippen LogP contribution in [0.3, 0.4) is 0 Å². The molecule has 2 unspecified atom stereocenters. The van der Waals surface area contributed by atoms with Crippen molar-refractivity contribution in [2.75, 3.05) is 19.6 Å². The Kier molecular flexibility index (Phi) is 8.24. The molecule has 1 saturated heterocycles. The molecule has 4 heteroatoms. The van der Waals surface area contributed by atoms with Gasteiger partial charge in [0.2, 0.25) is 11.8 Å². The Hall–Kier alpha value is -1.06. The van der Waals surface area contributed by atoms with E-state index in [2.05, 4.69) is 41.5 Å². The molecule has 0 aromatic rings. The molecule has 2 amide bonds. The zero-order valence-electron chi connectivity index (χ0n) is 16.7. The summed E-state index contributed by atoms with van der Waals surface area (Å²) in [5, 5.41) is 0. The maximum absolute atomic E-state index is 12.8. The van der Waals surface area contributed by atoms with Crippen LogP contribution in [0.4, 0.5) is 0 Å². The number of hydrogen-bond acceptors (Lipinski definition) is 2. The summed E-state index contributed by atoms with van der Waals surface area (Å²) in [4.78, 5) is 28.9. The van der Waals surface area contributed by atoms with Gasteiger partial charge in [-0.2, -0.15) is 0 Å². The van der Waals surface area contributed by atoms with Crippen LogP contribution >= 0.6 is 0 Å². The van der Waals surface area contributed by atoms with E-state index in [1.54, 1.807) is 0 Å².